The summed E-state index contributed by atoms with van der Waals surface area (Å²) >= 11 is 0. The van der Waals surface area contributed by atoms with Crippen LogP contribution >= 0.6 is 9.90 Å². The highest BCUT2D eigenvalue weighted by Crippen LogP contribution is 1.84. The van der Waals surface area contributed by atoms with Gasteiger partial charge in [-0.15, -0.1) is 0 Å². The second kappa shape index (κ2) is 2.80. The van der Waals surface area contributed by atoms with Gasteiger partial charge in [0.2, 0.25) is 0 Å². The second-order valence-electron chi connectivity index (χ2n) is 1.07. The maximum Gasteiger partial charge on any atom is 0.282 e. The van der Waals surface area contributed by atoms with Crippen LogP contribution in [-0.2, 0) is 4.74 Å². The molecule has 1 atom stereocenters. The average Bonchev–Trinajstić information content (AvgIpc) is 1.86. The van der Waals surface area contributed by atoms with E-state index in [0.29, 0.717) is 12.6 Å². The van der Waals surface area contributed by atoms with E-state index in [4.69, 9.17) is 5.73 Å². The lowest BCUT2D eigenvalue weighted by atomic mass is 10.8. The van der Waals surface area contributed by atoms with Crippen molar-refractivity contribution in [3.05, 3.63) is 0 Å². The molecule has 0 saturated carbocycles. The Hall–Kier alpha value is -0.300. The van der Waals surface area contributed by atoms with Crippen LogP contribution in [0.15, 0.2) is 4.99 Å². The molecule has 1 unspecified atom stereocenters. The first-order valence-corrected chi connectivity index (χ1v) is 1.82. The monoisotopic (exact) mass is 120 g/mol. The van der Waals surface area contributed by atoms with E-state index in [-0.39, 0.29) is 9.90 Å². The summed E-state index contributed by atoms with van der Waals surface area (Å²) in [6.07, 6.45) is 0. The Morgan fingerprint density at radius 3 is 2.57 bits per heavy atom. The van der Waals surface area contributed by atoms with E-state index >= 15 is 0 Å². The van der Waals surface area contributed by atoms with Gasteiger partial charge in [-0.3, -0.25) is 0 Å². The topological polar surface area (TPSA) is 47.6 Å². The molecule has 0 spiro atoms. The van der Waals surface area contributed by atoms with Crippen molar-refractivity contribution in [1.82, 2.24) is 0 Å². The molecule has 2 N–H and O–H groups in total. The van der Waals surface area contributed by atoms with E-state index in [1.165, 1.54) is 0 Å². The van der Waals surface area contributed by atoms with Gasteiger partial charge in [-0.25, -0.2) is 4.99 Å². The van der Waals surface area contributed by atoms with E-state index in [2.05, 4.69) is 9.73 Å². The predicted octanol–water partition coefficient (Wildman–Crippen LogP) is -0.611. The van der Waals surface area contributed by atoms with Gasteiger partial charge in [0, 0.05) is 0 Å². The van der Waals surface area contributed by atoms with Gasteiger partial charge in [0.1, 0.15) is 6.61 Å². The fourth-order valence-electron chi connectivity index (χ4n) is 0.352. The Balaban J connectivity index is 0.000000360. The fourth-order valence-corrected chi connectivity index (χ4v) is 0.352. The molecule has 42 valence electrons. The van der Waals surface area contributed by atoms with Crippen molar-refractivity contribution >= 4 is 15.9 Å². The van der Waals surface area contributed by atoms with Crippen LogP contribution in [-0.4, -0.2) is 19.2 Å². The van der Waals surface area contributed by atoms with Gasteiger partial charge in [-0.1, -0.05) is 0 Å². The van der Waals surface area contributed by atoms with Crippen molar-refractivity contribution in [2.24, 2.45) is 10.7 Å². The molecular weight excluding hydrogens is 111 g/mol. The van der Waals surface area contributed by atoms with Crippen molar-refractivity contribution in [3.8, 4) is 0 Å². The van der Waals surface area contributed by atoms with Crippen LogP contribution in [0.4, 0.5) is 0 Å². The summed E-state index contributed by atoms with van der Waals surface area (Å²) in [4.78, 5) is 3.71. The minimum atomic E-state index is 0. The molecule has 0 radical (unpaired) electrons. The highest BCUT2D eigenvalue weighted by Gasteiger charge is 1.97. The van der Waals surface area contributed by atoms with Gasteiger partial charge in [0.25, 0.3) is 6.02 Å². The Morgan fingerprint density at radius 2 is 2.43 bits per heavy atom. The average molecular weight is 120 g/mol. The molecule has 1 rings (SSSR count). The van der Waals surface area contributed by atoms with Gasteiger partial charge in [-0.2, -0.15) is 9.90 Å². The Bertz CT molecular complexity index is 83.0. The smallest absolute Gasteiger partial charge is 0.282 e. The molecule has 0 aromatic carbocycles. The third kappa shape index (κ3) is 1.74. The number of nitrogens with zero attached hydrogens (tertiary/aromatic N) is 1. The third-order valence-electron chi connectivity index (χ3n) is 0.609. The minimum absolute atomic E-state index is 0. The Morgan fingerprint density at radius 1 is 1.71 bits per heavy atom. The second-order valence-corrected chi connectivity index (χ2v) is 1.07. The first kappa shape index (κ1) is 6.70. The molecule has 0 aromatic rings. The molecule has 4 heteroatoms. The molecule has 0 amide bonds. The first-order valence-electron chi connectivity index (χ1n) is 1.82. The van der Waals surface area contributed by atoms with Crippen molar-refractivity contribution in [2.45, 2.75) is 0 Å². The molecule has 0 bridgehead atoms. The summed E-state index contributed by atoms with van der Waals surface area (Å²) in [5.74, 6) is 0. The van der Waals surface area contributed by atoms with Crippen molar-refractivity contribution in [3.63, 3.8) is 0 Å². The summed E-state index contributed by atoms with van der Waals surface area (Å²) in [5, 5.41) is 0. The van der Waals surface area contributed by atoms with E-state index in [1.807, 2.05) is 0 Å². The van der Waals surface area contributed by atoms with Crippen LogP contribution in [0.2, 0.25) is 0 Å². The molecule has 1 aliphatic heterocycles. The molecule has 1 aliphatic rings. The number of nitrogens with two attached hydrogens (primary N) is 1. The van der Waals surface area contributed by atoms with Crippen molar-refractivity contribution in [1.29, 1.82) is 0 Å². The van der Waals surface area contributed by atoms with Gasteiger partial charge in [0.05, 0.1) is 6.54 Å². The van der Waals surface area contributed by atoms with E-state index in [0.717, 1.165) is 6.54 Å². The fraction of sp³-hybridized carbons (Fsp3) is 0.667. The number of hydrogen-bond acceptors (Lipinski definition) is 3. The number of hydrogen-bond donors (Lipinski definition) is 1. The number of ether oxygens (including phenoxy) is 1. The zero-order valence-corrected chi connectivity index (χ0v) is 5.47. The van der Waals surface area contributed by atoms with Crippen molar-refractivity contribution in [2.75, 3.05) is 13.2 Å². The SMILES string of the molecule is NC1=NCCO1.P. The quantitative estimate of drug-likeness (QED) is 0.433. The van der Waals surface area contributed by atoms with Gasteiger partial charge < -0.3 is 10.5 Å². The number of rotatable bonds is 0. The molecule has 0 fully saturated rings. The van der Waals surface area contributed by atoms with Crippen LogP contribution in [0.25, 0.3) is 0 Å². The lowest BCUT2D eigenvalue weighted by Gasteiger charge is -1.86. The summed E-state index contributed by atoms with van der Waals surface area (Å²) in [7, 11) is 0. The third-order valence-corrected chi connectivity index (χ3v) is 0.609. The Kier molecular flexibility index (Phi) is 2.68. The number of amidine groups is 1. The largest absolute Gasteiger partial charge is 0.463 e. The summed E-state index contributed by atoms with van der Waals surface area (Å²) in [5.41, 5.74) is 5.06. The standard InChI is InChI=1S/C3H6N2O.H3P/c4-3-5-1-2-6-3;/h1-2H2,(H2,4,5);1H3. The molecule has 0 aliphatic carbocycles. The lowest BCUT2D eigenvalue weighted by molar-refractivity contribution is 0.342. The van der Waals surface area contributed by atoms with E-state index < -0.39 is 0 Å². The van der Waals surface area contributed by atoms with Gasteiger partial charge in [0.15, 0.2) is 0 Å². The summed E-state index contributed by atoms with van der Waals surface area (Å²) < 4.78 is 4.68. The highest BCUT2D eigenvalue weighted by molar-refractivity contribution is 6.92. The maximum atomic E-state index is 5.06. The first-order chi connectivity index (χ1) is 2.89. The van der Waals surface area contributed by atoms with E-state index in [1.54, 1.807) is 0 Å². The maximum absolute atomic E-state index is 5.06. The molecule has 0 saturated heterocycles. The minimum Gasteiger partial charge on any atom is -0.463 e. The number of aliphatic imine (C=N–C) groups is 1. The Labute approximate surface area is 45.6 Å². The molecule has 3 nitrogen and oxygen atoms in total. The summed E-state index contributed by atoms with van der Waals surface area (Å²) in [6.45, 7) is 1.39. The molecule has 0 aromatic heterocycles. The van der Waals surface area contributed by atoms with Gasteiger partial charge in [-0.05, 0) is 0 Å². The zero-order valence-electron chi connectivity index (χ0n) is 4.05. The van der Waals surface area contributed by atoms with Crippen LogP contribution in [0.5, 0.6) is 0 Å². The normalized spacial score (nSPS) is 16.9. The van der Waals surface area contributed by atoms with E-state index in [9.17, 15) is 0 Å². The zero-order chi connectivity index (χ0) is 4.41. The van der Waals surface area contributed by atoms with Gasteiger partial charge >= 0.3 is 0 Å². The predicted molar refractivity (Wildman–Crippen MR) is 33.5 cm³/mol. The highest BCUT2D eigenvalue weighted by atomic mass is 31.0. The van der Waals surface area contributed by atoms with Crippen molar-refractivity contribution < 1.29 is 4.74 Å². The van der Waals surface area contributed by atoms with Crippen LogP contribution < -0.4 is 5.73 Å². The lowest BCUT2D eigenvalue weighted by Crippen LogP contribution is -2.10. The molecular formula is C3H9N2OP. The summed E-state index contributed by atoms with van der Waals surface area (Å²) in [6, 6.07) is 0.329. The molecule has 1 heterocycles. The molecule has 7 heavy (non-hydrogen) atoms. The van der Waals surface area contributed by atoms with Crippen LogP contribution in [0.3, 0.4) is 0 Å². The van der Waals surface area contributed by atoms with Crippen LogP contribution in [0, 0.1) is 0 Å². The van der Waals surface area contributed by atoms with Crippen LogP contribution in [0.1, 0.15) is 0 Å².